The van der Waals surface area contributed by atoms with Crippen LogP contribution in [0.3, 0.4) is 0 Å². The van der Waals surface area contributed by atoms with E-state index < -0.39 is 22.0 Å². The molecule has 6 nitrogen and oxygen atoms in total. The minimum atomic E-state index is -3.90. The van der Waals surface area contributed by atoms with Gasteiger partial charge in [0, 0.05) is 15.7 Å². The van der Waals surface area contributed by atoms with E-state index in [9.17, 15) is 13.2 Å². The molecule has 0 heterocycles. The van der Waals surface area contributed by atoms with Crippen LogP contribution in [-0.4, -0.2) is 25.5 Å². The third kappa shape index (κ3) is 5.09. The lowest BCUT2D eigenvalue weighted by molar-refractivity contribution is -0.138. The number of anilines is 1. The molecule has 1 atom stereocenters. The first-order valence-electron chi connectivity index (χ1n) is 7.15. The molecule has 0 bridgehead atoms. The summed E-state index contributed by atoms with van der Waals surface area (Å²) in [6.07, 6.45) is 0.0831. The van der Waals surface area contributed by atoms with E-state index in [1.54, 1.807) is 25.1 Å². The molecule has 2 aromatic rings. The van der Waals surface area contributed by atoms with E-state index in [-0.39, 0.29) is 27.0 Å². The van der Waals surface area contributed by atoms with Crippen LogP contribution >= 0.6 is 23.2 Å². The molecule has 0 radical (unpaired) electrons. The van der Waals surface area contributed by atoms with E-state index in [0.717, 1.165) is 5.56 Å². The Morgan fingerprint density at radius 2 is 1.80 bits per heavy atom. The van der Waals surface area contributed by atoms with Gasteiger partial charge in [-0.1, -0.05) is 29.3 Å². The summed E-state index contributed by atoms with van der Waals surface area (Å²) in [6.45, 7) is 1.79. The second kappa shape index (κ2) is 7.61. The summed E-state index contributed by atoms with van der Waals surface area (Å²) in [5.41, 5.74) is 7.29. The highest BCUT2D eigenvalue weighted by Gasteiger charge is 2.18. The van der Waals surface area contributed by atoms with Gasteiger partial charge in [-0.2, -0.15) is 0 Å². The van der Waals surface area contributed by atoms with Gasteiger partial charge in [-0.25, -0.2) is 8.42 Å². The fourth-order valence-corrected chi connectivity index (χ4v) is 3.95. The zero-order valence-corrected chi connectivity index (χ0v) is 15.5. The molecule has 0 aliphatic carbocycles. The number of aryl methyl sites for hydroxylation is 1. The van der Waals surface area contributed by atoms with E-state index in [1.165, 1.54) is 18.2 Å². The molecule has 0 aliphatic heterocycles. The predicted octanol–water partition coefficient (Wildman–Crippen LogP) is 3.06. The van der Waals surface area contributed by atoms with Crippen LogP contribution in [0.15, 0.2) is 41.3 Å². The van der Waals surface area contributed by atoms with Gasteiger partial charge in [0.05, 0.1) is 4.90 Å². The quantitative estimate of drug-likeness (QED) is 0.687. The molecule has 134 valence electrons. The van der Waals surface area contributed by atoms with Gasteiger partial charge in [0.25, 0.3) is 10.0 Å². The standard InChI is InChI=1S/C16H16Cl2N2O4S/c1-9-2-3-13(4-10(9)5-15(19)16(21)22)20-25(23,24)14-7-11(17)6-12(18)8-14/h2-4,6-8,15,20H,5,19H2,1H3,(H,21,22)/t15-/m0/s1. The molecule has 25 heavy (non-hydrogen) atoms. The van der Waals surface area contributed by atoms with Crippen molar-refractivity contribution < 1.29 is 18.3 Å². The van der Waals surface area contributed by atoms with Gasteiger partial charge in [-0.15, -0.1) is 0 Å². The van der Waals surface area contributed by atoms with Crippen LogP contribution < -0.4 is 10.5 Å². The molecule has 0 aliphatic rings. The Kier molecular flexibility index (Phi) is 5.95. The number of hydrogen-bond acceptors (Lipinski definition) is 4. The number of aliphatic carboxylic acids is 1. The van der Waals surface area contributed by atoms with Gasteiger partial charge in [0.2, 0.25) is 0 Å². The number of carboxylic acid groups (broad SMARTS) is 1. The summed E-state index contributed by atoms with van der Waals surface area (Å²) in [7, 11) is -3.90. The van der Waals surface area contributed by atoms with Gasteiger partial charge >= 0.3 is 5.97 Å². The Morgan fingerprint density at radius 1 is 1.20 bits per heavy atom. The first kappa shape index (κ1) is 19.5. The number of hydrogen-bond donors (Lipinski definition) is 3. The van der Waals surface area contributed by atoms with Gasteiger partial charge in [0.1, 0.15) is 6.04 Å². The number of halogens is 2. The van der Waals surface area contributed by atoms with E-state index in [0.29, 0.717) is 5.56 Å². The maximum absolute atomic E-state index is 12.5. The minimum absolute atomic E-state index is 0.0747. The maximum Gasteiger partial charge on any atom is 0.320 e. The summed E-state index contributed by atoms with van der Waals surface area (Å²) >= 11 is 11.7. The third-order valence-electron chi connectivity index (χ3n) is 3.50. The lowest BCUT2D eigenvalue weighted by Gasteiger charge is -2.13. The van der Waals surface area contributed by atoms with E-state index in [2.05, 4.69) is 4.72 Å². The number of nitrogens with one attached hydrogen (secondary N) is 1. The van der Waals surface area contributed by atoms with Gasteiger partial charge in [-0.3, -0.25) is 9.52 Å². The molecule has 0 saturated heterocycles. The fourth-order valence-electron chi connectivity index (χ4n) is 2.18. The molecule has 2 rings (SSSR count). The van der Waals surface area contributed by atoms with Gasteiger partial charge in [-0.05, 0) is 54.8 Å². The topological polar surface area (TPSA) is 109 Å². The van der Waals surface area contributed by atoms with E-state index >= 15 is 0 Å². The minimum Gasteiger partial charge on any atom is -0.480 e. The number of nitrogens with two attached hydrogens (primary N) is 1. The Hall–Kier alpha value is -1.80. The Morgan fingerprint density at radius 3 is 2.36 bits per heavy atom. The van der Waals surface area contributed by atoms with Crippen molar-refractivity contribution >= 4 is 44.9 Å². The Labute approximate surface area is 155 Å². The highest BCUT2D eigenvalue weighted by atomic mass is 35.5. The lowest BCUT2D eigenvalue weighted by Crippen LogP contribution is -2.32. The Balaban J connectivity index is 2.31. The molecule has 0 fully saturated rings. The molecule has 4 N–H and O–H groups in total. The number of carboxylic acids is 1. The molecule has 0 saturated carbocycles. The van der Waals surface area contributed by atoms with Crippen LogP contribution in [0.4, 0.5) is 5.69 Å². The maximum atomic E-state index is 12.5. The number of sulfonamides is 1. The molecule has 9 heteroatoms. The van der Waals surface area contributed by atoms with Gasteiger partial charge < -0.3 is 10.8 Å². The molecule has 2 aromatic carbocycles. The van der Waals surface area contributed by atoms with E-state index in [4.69, 9.17) is 34.0 Å². The monoisotopic (exact) mass is 402 g/mol. The largest absolute Gasteiger partial charge is 0.480 e. The molecule has 0 unspecified atom stereocenters. The smallest absolute Gasteiger partial charge is 0.320 e. The van der Waals surface area contributed by atoms with Crippen molar-refractivity contribution in [2.24, 2.45) is 5.73 Å². The van der Waals surface area contributed by atoms with Crippen molar-refractivity contribution in [1.29, 1.82) is 0 Å². The van der Waals surface area contributed by atoms with Gasteiger partial charge in [0.15, 0.2) is 0 Å². The summed E-state index contributed by atoms with van der Waals surface area (Å²) in [5, 5.41) is 9.33. The predicted molar refractivity (Wildman–Crippen MR) is 97.8 cm³/mol. The van der Waals surface area contributed by atoms with Crippen molar-refractivity contribution in [3.8, 4) is 0 Å². The molecule has 0 aromatic heterocycles. The highest BCUT2D eigenvalue weighted by Crippen LogP contribution is 2.25. The third-order valence-corrected chi connectivity index (χ3v) is 5.30. The van der Waals surface area contributed by atoms with Crippen LogP contribution in [0, 0.1) is 6.92 Å². The van der Waals surface area contributed by atoms with Crippen molar-refractivity contribution in [3.05, 3.63) is 57.6 Å². The first-order chi connectivity index (χ1) is 11.6. The van der Waals surface area contributed by atoms with Crippen molar-refractivity contribution in [2.45, 2.75) is 24.3 Å². The van der Waals surface area contributed by atoms with Crippen molar-refractivity contribution in [1.82, 2.24) is 0 Å². The number of rotatable bonds is 6. The second-order valence-corrected chi connectivity index (χ2v) is 8.06. The summed E-state index contributed by atoms with van der Waals surface area (Å²) in [5.74, 6) is -1.13. The average Bonchev–Trinajstić information content (AvgIpc) is 2.49. The van der Waals surface area contributed by atoms with Crippen LogP contribution in [0.2, 0.25) is 10.0 Å². The number of carbonyl (C=O) groups is 1. The SMILES string of the molecule is Cc1ccc(NS(=O)(=O)c2cc(Cl)cc(Cl)c2)cc1C[C@H](N)C(=O)O. The second-order valence-electron chi connectivity index (χ2n) is 5.50. The highest BCUT2D eigenvalue weighted by molar-refractivity contribution is 7.92. The van der Waals surface area contributed by atoms with Crippen LogP contribution in [0.25, 0.3) is 0 Å². The zero-order valence-electron chi connectivity index (χ0n) is 13.2. The molecule has 0 amide bonds. The van der Waals surface area contributed by atoms with Crippen molar-refractivity contribution in [2.75, 3.05) is 4.72 Å². The van der Waals surface area contributed by atoms with Crippen LogP contribution in [0.5, 0.6) is 0 Å². The van der Waals surface area contributed by atoms with Crippen molar-refractivity contribution in [3.63, 3.8) is 0 Å². The fraction of sp³-hybridized carbons (Fsp3) is 0.188. The lowest BCUT2D eigenvalue weighted by atomic mass is 10.0. The number of benzene rings is 2. The summed E-state index contributed by atoms with van der Waals surface area (Å²) in [6, 6.07) is 7.75. The zero-order chi connectivity index (χ0) is 18.8. The summed E-state index contributed by atoms with van der Waals surface area (Å²) in [4.78, 5) is 10.8. The van der Waals surface area contributed by atoms with Crippen LogP contribution in [-0.2, 0) is 21.2 Å². The van der Waals surface area contributed by atoms with E-state index in [1.807, 2.05) is 0 Å². The first-order valence-corrected chi connectivity index (χ1v) is 9.39. The van der Waals surface area contributed by atoms with Crippen LogP contribution in [0.1, 0.15) is 11.1 Å². The molecular weight excluding hydrogens is 387 g/mol. The summed E-state index contributed by atoms with van der Waals surface area (Å²) < 4.78 is 27.4. The normalized spacial score (nSPS) is 12.6. The molecular formula is C16H16Cl2N2O4S. The molecule has 0 spiro atoms. The average molecular weight is 403 g/mol. The Bertz CT molecular complexity index is 896.